The number of aryl methyl sites for hydroxylation is 1. The number of likely N-dealkylation sites (N-methyl/N-ethyl adjacent to an activating group) is 1. The van der Waals surface area contributed by atoms with Crippen molar-refractivity contribution in [2.75, 3.05) is 18.0 Å². The standard InChI is InChI=1S/C21H24N2O2S/c1-4-20(26)24-19(21-22-17-11-6-7-12-18(17)25-21)14-23(5-2)16-10-8-9-15(3)13-16/h6-13,19H,4-5,14H2,1-3H3. The molecule has 0 saturated heterocycles. The zero-order valence-corrected chi connectivity index (χ0v) is 16.3. The molecule has 1 aromatic heterocycles. The molecular formula is C21H24N2O2S. The number of fused-ring (bicyclic) bond motifs is 1. The van der Waals surface area contributed by atoms with Gasteiger partial charge in [0.2, 0.25) is 5.89 Å². The average Bonchev–Trinajstić information content (AvgIpc) is 3.09. The number of hydrogen-bond donors (Lipinski definition) is 0. The molecule has 1 unspecified atom stereocenters. The molecule has 2 aromatic carbocycles. The fourth-order valence-electron chi connectivity index (χ4n) is 2.88. The van der Waals surface area contributed by atoms with Gasteiger partial charge in [0.25, 0.3) is 0 Å². The third-order valence-electron chi connectivity index (χ3n) is 4.28. The predicted molar refractivity (Wildman–Crippen MR) is 110 cm³/mol. The van der Waals surface area contributed by atoms with Gasteiger partial charge in [0.15, 0.2) is 16.7 Å². The average molecular weight is 369 g/mol. The monoisotopic (exact) mass is 368 g/mol. The van der Waals surface area contributed by atoms with Crippen LogP contribution in [0.1, 0.15) is 37.8 Å². The summed E-state index contributed by atoms with van der Waals surface area (Å²) in [6.45, 7) is 7.68. The molecule has 0 spiro atoms. The summed E-state index contributed by atoms with van der Waals surface area (Å²) in [7, 11) is 0. The van der Waals surface area contributed by atoms with Gasteiger partial charge in [-0.2, -0.15) is 0 Å². The van der Waals surface area contributed by atoms with Crippen molar-refractivity contribution in [1.29, 1.82) is 0 Å². The van der Waals surface area contributed by atoms with Crippen LogP contribution in [0.15, 0.2) is 52.9 Å². The topological polar surface area (TPSA) is 38.5 Å². The van der Waals surface area contributed by atoms with Crippen molar-refractivity contribution in [3.05, 3.63) is 60.0 Å². The fraction of sp³-hybridized carbons (Fsp3) is 0.333. The Morgan fingerprint density at radius 3 is 2.69 bits per heavy atom. The highest BCUT2D eigenvalue weighted by Gasteiger charge is 2.24. The molecule has 26 heavy (non-hydrogen) atoms. The number of ether oxygens (including phenoxy) is 1. The van der Waals surface area contributed by atoms with Gasteiger partial charge in [-0.1, -0.05) is 31.2 Å². The zero-order chi connectivity index (χ0) is 18.5. The Labute approximate surface area is 159 Å². The summed E-state index contributed by atoms with van der Waals surface area (Å²) in [4.78, 5) is 6.88. The van der Waals surface area contributed by atoms with E-state index in [0.717, 1.165) is 23.3 Å². The van der Waals surface area contributed by atoms with Crippen molar-refractivity contribution in [2.24, 2.45) is 0 Å². The predicted octanol–water partition coefficient (Wildman–Crippen LogP) is 5.46. The lowest BCUT2D eigenvalue weighted by Crippen LogP contribution is -2.30. The van der Waals surface area contributed by atoms with E-state index in [2.05, 4.69) is 48.0 Å². The zero-order valence-electron chi connectivity index (χ0n) is 15.4. The second-order valence-electron chi connectivity index (χ2n) is 6.23. The van der Waals surface area contributed by atoms with Crippen LogP contribution in [-0.4, -0.2) is 23.1 Å². The molecule has 0 aliphatic heterocycles. The van der Waals surface area contributed by atoms with Crippen molar-refractivity contribution in [1.82, 2.24) is 4.98 Å². The second-order valence-corrected chi connectivity index (χ2v) is 6.68. The van der Waals surface area contributed by atoms with Crippen molar-refractivity contribution >= 4 is 34.1 Å². The van der Waals surface area contributed by atoms with E-state index in [1.165, 1.54) is 5.56 Å². The van der Waals surface area contributed by atoms with E-state index in [-0.39, 0.29) is 6.10 Å². The van der Waals surface area contributed by atoms with Crippen LogP contribution in [0.5, 0.6) is 0 Å². The van der Waals surface area contributed by atoms with Crippen LogP contribution in [0.2, 0.25) is 0 Å². The quantitative estimate of drug-likeness (QED) is 0.518. The number of hydrogen-bond acceptors (Lipinski definition) is 5. The van der Waals surface area contributed by atoms with Gasteiger partial charge in [-0.25, -0.2) is 4.98 Å². The van der Waals surface area contributed by atoms with Crippen molar-refractivity contribution in [3.8, 4) is 0 Å². The largest absolute Gasteiger partial charge is 0.472 e. The summed E-state index contributed by atoms with van der Waals surface area (Å²) >= 11 is 5.33. The van der Waals surface area contributed by atoms with Gasteiger partial charge in [-0.05, 0) is 55.9 Å². The van der Waals surface area contributed by atoms with Gasteiger partial charge < -0.3 is 14.1 Å². The molecule has 0 bridgehead atoms. The van der Waals surface area contributed by atoms with Crippen LogP contribution in [0.25, 0.3) is 11.1 Å². The first kappa shape index (κ1) is 18.4. The van der Waals surface area contributed by atoms with Gasteiger partial charge >= 0.3 is 0 Å². The third kappa shape index (κ3) is 4.22. The number of nitrogens with zero attached hydrogens (tertiary/aromatic N) is 2. The lowest BCUT2D eigenvalue weighted by atomic mass is 10.2. The first-order chi connectivity index (χ1) is 12.6. The minimum absolute atomic E-state index is 0.352. The van der Waals surface area contributed by atoms with E-state index in [1.54, 1.807) is 0 Å². The van der Waals surface area contributed by atoms with Gasteiger partial charge in [0.1, 0.15) is 5.52 Å². The smallest absolute Gasteiger partial charge is 0.238 e. The molecule has 5 heteroatoms. The van der Waals surface area contributed by atoms with Gasteiger partial charge in [0, 0.05) is 18.7 Å². The molecule has 0 radical (unpaired) electrons. The van der Waals surface area contributed by atoms with Crippen LogP contribution in [-0.2, 0) is 4.74 Å². The normalized spacial score (nSPS) is 12.1. The maximum absolute atomic E-state index is 6.03. The molecule has 4 nitrogen and oxygen atoms in total. The summed E-state index contributed by atoms with van der Waals surface area (Å²) in [6.07, 6.45) is 0.332. The summed E-state index contributed by atoms with van der Waals surface area (Å²) in [6, 6.07) is 16.2. The maximum atomic E-state index is 6.03. The van der Waals surface area contributed by atoms with Crippen LogP contribution < -0.4 is 4.90 Å². The van der Waals surface area contributed by atoms with E-state index in [4.69, 9.17) is 21.4 Å². The molecule has 0 aliphatic carbocycles. The second kappa shape index (κ2) is 8.32. The Kier molecular flexibility index (Phi) is 5.89. The van der Waals surface area contributed by atoms with Gasteiger partial charge in [-0.3, -0.25) is 0 Å². The first-order valence-electron chi connectivity index (χ1n) is 8.97. The lowest BCUT2D eigenvalue weighted by Gasteiger charge is -2.27. The van der Waals surface area contributed by atoms with Crippen molar-refractivity contribution in [3.63, 3.8) is 0 Å². The molecule has 3 rings (SSSR count). The molecule has 136 valence electrons. The van der Waals surface area contributed by atoms with Crippen LogP contribution in [0.4, 0.5) is 5.69 Å². The number of rotatable bonds is 7. The molecule has 0 N–H and O–H groups in total. The number of para-hydroxylation sites is 2. The number of benzene rings is 2. The van der Waals surface area contributed by atoms with Gasteiger partial charge in [-0.15, -0.1) is 0 Å². The highest BCUT2D eigenvalue weighted by atomic mass is 32.1. The molecular weight excluding hydrogens is 344 g/mol. The fourth-order valence-corrected chi connectivity index (χ4v) is 2.99. The Morgan fingerprint density at radius 1 is 1.19 bits per heavy atom. The lowest BCUT2D eigenvalue weighted by molar-refractivity contribution is 0.166. The van der Waals surface area contributed by atoms with E-state index < -0.39 is 0 Å². The third-order valence-corrected chi connectivity index (χ3v) is 4.67. The Balaban J connectivity index is 1.90. The van der Waals surface area contributed by atoms with E-state index in [0.29, 0.717) is 23.9 Å². The summed E-state index contributed by atoms with van der Waals surface area (Å²) < 4.78 is 12.0. The van der Waals surface area contributed by atoms with Crippen LogP contribution >= 0.6 is 12.2 Å². The minimum atomic E-state index is -0.352. The Bertz CT molecular complexity index is 857. The van der Waals surface area contributed by atoms with Crippen LogP contribution in [0, 0.1) is 6.92 Å². The summed E-state index contributed by atoms with van der Waals surface area (Å²) in [5.41, 5.74) is 3.97. The number of anilines is 1. The highest BCUT2D eigenvalue weighted by molar-refractivity contribution is 7.80. The van der Waals surface area contributed by atoms with E-state index >= 15 is 0 Å². The highest BCUT2D eigenvalue weighted by Crippen LogP contribution is 2.26. The van der Waals surface area contributed by atoms with Gasteiger partial charge in [0.05, 0.1) is 6.54 Å². The minimum Gasteiger partial charge on any atom is -0.472 e. The van der Waals surface area contributed by atoms with Crippen LogP contribution in [0.3, 0.4) is 0 Å². The SMILES string of the molecule is CCC(=S)OC(CN(CC)c1cccc(C)c1)c1nc2ccccc2o1. The number of thiocarbonyl (C=S) groups is 1. The maximum Gasteiger partial charge on any atom is 0.238 e. The molecule has 0 aliphatic rings. The Hall–Kier alpha value is -2.40. The summed E-state index contributed by atoms with van der Waals surface area (Å²) in [5.74, 6) is 0.563. The number of oxazole rings is 1. The molecule has 0 amide bonds. The first-order valence-corrected chi connectivity index (χ1v) is 9.38. The number of aromatic nitrogens is 1. The van der Waals surface area contributed by atoms with Crippen molar-refractivity contribution < 1.29 is 9.15 Å². The van der Waals surface area contributed by atoms with Crippen molar-refractivity contribution in [2.45, 2.75) is 33.3 Å². The molecule has 0 saturated carbocycles. The molecule has 1 heterocycles. The molecule has 3 aromatic rings. The summed E-state index contributed by atoms with van der Waals surface area (Å²) in [5, 5.41) is 0.567. The Morgan fingerprint density at radius 2 is 2.00 bits per heavy atom. The molecule has 1 atom stereocenters. The van der Waals surface area contributed by atoms with E-state index in [9.17, 15) is 0 Å². The van der Waals surface area contributed by atoms with E-state index in [1.807, 2.05) is 31.2 Å². The molecule has 0 fully saturated rings.